The van der Waals surface area contributed by atoms with E-state index in [0.717, 1.165) is 25.9 Å². The van der Waals surface area contributed by atoms with E-state index in [2.05, 4.69) is 5.32 Å². The molecule has 3 rings (SSSR count). The Kier molecular flexibility index (Phi) is 3.56. The molecule has 1 fully saturated rings. The Morgan fingerprint density at radius 3 is 2.48 bits per heavy atom. The van der Waals surface area contributed by atoms with Crippen molar-refractivity contribution >= 4 is 23.2 Å². The van der Waals surface area contributed by atoms with Crippen molar-refractivity contribution in [3.05, 3.63) is 41.5 Å². The molecule has 1 amide bonds. The molecule has 2 aliphatic rings. The quantitative estimate of drug-likeness (QED) is 0.841. The van der Waals surface area contributed by atoms with Crippen molar-refractivity contribution in [1.29, 1.82) is 0 Å². The van der Waals surface area contributed by atoms with Crippen LogP contribution in [-0.4, -0.2) is 42.0 Å². The van der Waals surface area contributed by atoms with Gasteiger partial charge in [-0.15, -0.1) is 0 Å². The van der Waals surface area contributed by atoms with E-state index >= 15 is 0 Å². The zero-order chi connectivity index (χ0) is 14.8. The number of benzene rings is 1. The zero-order valence-corrected chi connectivity index (χ0v) is 11.6. The average Bonchev–Trinajstić information content (AvgIpc) is 3.03. The number of rotatable bonds is 3. The third-order valence-electron chi connectivity index (χ3n) is 3.85. The lowest BCUT2D eigenvalue weighted by Crippen LogP contribution is -2.36. The van der Waals surface area contributed by atoms with Gasteiger partial charge in [0.15, 0.2) is 0 Å². The lowest BCUT2D eigenvalue weighted by Gasteiger charge is -2.20. The Hall–Kier alpha value is -2.43. The van der Waals surface area contributed by atoms with Gasteiger partial charge in [0.25, 0.3) is 0 Å². The van der Waals surface area contributed by atoms with Gasteiger partial charge in [-0.3, -0.25) is 14.4 Å². The third kappa shape index (κ3) is 2.59. The van der Waals surface area contributed by atoms with E-state index in [1.165, 1.54) is 6.08 Å². The van der Waals surface area contributed by atoms with Crippen molar-refractivity contribution in [2.75, 3.05) is 19.6 Å². The molecule has 108 valence electrons. The molecule has 0 bridgehead atoms. The number of hydrogen-bond acceptors (Lipinski definition) is 4. The molecule has 1 aromatic rings. The van der Waals surface area contributed by atoms with Gasteiger partial charge in [-0.1, -0.05) is 24.3 Å². The molecule has 0 atom stereocenters. The topological polar surface area (TPSA) is 66.5 Å². The maximum absolute atomic E-state index is 12.0. The molecule has 1 saturated heterocycles. The summed E-state index contributed by atoms with van der Waals surface area (Å²) in [5.74, 6) is -1.03. The molecule has 21 heavy (non-hydrogen) atoms. The number of ketones is 2. The predicted molar refractivity (Wildman–Crippen MR) is 77.6 cm³/mol. The molecule has 0 radical (unpaired) electrons. The second kappa shape index (κ2) is 5.52. The van der Waals surface area contributed by atoms with Gasteiger partial charge in [0.05, 0.1) is 6.54 Å². The lowest BCUT2D eigenvalue weighted by molar-refractivity contribution is -0.128. The summed E-state index contributed by atoms with van der Waals surface area (Å²) in [6, 6.07) is 6.94. The first kappa shape index (κ1) is 13.5. The summed E-state index contributed by atoms with van der Waals surface area (Å²) >= 11 is 0. The number of nitrogens with zero attached hydrogens (tertiary/aromatic N) is 1. The highest BCUT2D eigenvalue weighted by atomic mass is 16.2. The molecule has 0 spiro atoms. The minimum atomic E-state index is -0.551. The van der Waals surface area contributed by atoms with E-state index in [1.807, 2.05) is 4.90 Å². The molecule has 1 heterocycles. The van der Waals surface area contributed by atoms with Gasteiger partial charge in [0.1, 0.15) is 0 Å². The summed E-state index contributed by atoms with van der Waals surface area (Å²) in [5, 5.41) is 3.00. The molecule has 1 aliphatic carbocycles. The lowest BCUT2D eigenvalue weighted by atomic mass is 9.93. The number of Topliss-reactive ketones (excluding diaryl/α,β-unsaturated/α-hetero) is 1. The molecular weight excluding hydrogens is 268 g/mol. The van der Waals surface area contributed by atoms with Crippen LogP contribution in [0.3, 0.4) is 0 Å². The number of carbonyl (C=O) groups excluding carboxylic acids is 3. The number of amides is 1. The van der Waals surface area contributed by atoms with E-state index in [4.69, 9.17) is 0 Å². The van der Waals surface area contributed by atoms with Crippen LogP contribution in [-0.2, 0) is 9.59 Å². The normalized spacial score (nSPS) is 17.5. The Morgan fingerprint density at radius 1 is 1.10 bits per heavy atom. The molecule has 0 saturated carbocycles. The maximum atomic E-state index is 12.0. The van der Waals surface area contributed by atoms with Crippen LogP contribution in [0.1, 0.15) is 28.8 Å². The largest absolute Gasteiger partial charge is 0.376 e. The van der Waals surface area contributed by atoms with Gasteiger partial charge in [-0.25, -0.2) is 0 Å². The Balaban J connectivity index is 1.76. The Bertz CT molecular complexity index is 643. The number of fused-ring (bicyclic) bond motifs is 1. The van der Waals surface area contributed by atoms with Crippen LogP contribution in [0.15, 0.2) is 30.3 Å². The summed E-state index contributed by atoms with van der Waals surface area (Å²) in [5.41, 5.74) is 1.61. The van der Waals surface area contributed by atoms with Crippen LogP contribution >= 0.6 is 0 Å². The SMILES string of the molecule is O=C1C=C(NCC(=O)N2CCCC2)c2ccccc2C1=O. The number of allylic oxidation sites excluding steroid dienone is 1. The maximum Gasteiger partial charge on any atom is 0.241 e. The van der Waals surface area contributed by atoms with Gasteiger partial charge in [0.2, 0.25) is 17.5 Å². The summed E-state index contributed by atoms with van der Waals surface area (Å²) < 4.78 is 0. The fourth-order valence-corrected chi connectivity index (χ4v) is 2.72. The minimum absolute atomic E-state index is 0.0234. The summed E-state index contributed by atoms with van der Waals surface area (Å²) in [6.45, 7) is 1.74. The summed E-state index contributed by atoms with van der Waals surface area (Å²) in [7, 11) is 0. The highest BCUT2D eigenvalue weighted by Gasteiger charge is 2.26. The zero-order valence-electron chi connectivity index (χ0n) is 11.6. The van der Waals surface area contributed by atoms with Crippen molar-refractivity contribution in [1.82, 2.24) is 10.2 Å². The molecule has 1 N–H and O–H groups in total. The number of likely N-dealkylation sites (tertiary alicyclic amines) is 1. The van der Waals surface area contributed by atoms with Crippen molar-refractivity contribution in [3.8, 4) is 0 Å². The number of carbonyl (C=O) groups is 3. The number of nitrogens with one attached hydrogen (secondary N) is 1. The number of hydrogen-bond donors (Lipinski definition) is 1. The Morgan fingerprint density at radius 2 is 1.76 bits per heavy atom. The van der Waals surface area contributed by atoms with Crippen LogP contribution in [0.2, 0.25) is 0 Å². The van der Waals surface area contributed by atoms with Gasteiger partial charge in [0, 0.05) is 36.0 Å². The van der Waals surface area contributed by atoms with Crippen LogP contribution < -0.4 is 5.32 Å². The first-order valence-corrected chi connectivity index (χ1v) is 7.08. The van der Waals surface area contributed by atoms with Crippen molar-refractivity contribution in [2.24, 2.45) is 0 Å². The fourth-order valence-electron chi connectivity index (χ4n) is 2.72. The van der Waals surface area contributed by atoms with Gasteiger partial charge < -0.3 is 10.2 Å². The van der Waals surface area contributed by atoms with E-state index in [0.29, 0.717) is 16.8 Å². The third-order valence-corrected chi connectivity index (χ3v) is 3.85. The summed E-state index contributed by atoms with van der Waals surface area (Å²) in [6.07, 6.45) is 3.37. The van der Waals surface area contributed by atoms with Crippen LogP contribution in [0, 0.1) is 0 Å². The van der Waals surface area contributed by atoms with Crippen molar-refractivity contribution < 1.29 is 14.4 Å². The van der Waals surface area contributed by atoms with Crippen LogP contribution in [0.4, 0.5) is 0 Å². The molecule has 5 nitrogen and oxygen atoms in total. The van der Waals surface area contributed by atoms with Crippen molar-refractivity contribution in [3.63, 3.8) is 0 Å². The molecule has 1 aromatic carbocycles. The second-order valence-electron chi connectivity index (χ2n) is 5.24. The van der Waals surface area contributed by atoms with E-state index in [1.54, 1.807) is 24.3 Å². The fraction of sp³-hybridized carbons (Fsp3) is 0.312. The minimum Gasteiger partial charge on any atom is -0.376 e. The van der Waals surface area contributed by atoms with Crippen LogP contribution in [0.5, 0.6) is 0 Å². The standard InChI is InChI=1S/C16H16N2O3/c19-14-9-13(11-5-1-2-6-12(11)16(14)21)17-10-15(20)18-7-3-4-8-18/h1-2,5-6,9,17H,3-4,7-8,10H2. The molecule has 0 aromatic heterocycles. The van der Waals surface area contributed by atoms with Crippen LogP contribution in [0.25, 0.3) is 5.70 Å². The molecule has 1 aliphatic heterocycles. The smallest absolute Gasteiger partial charge is 0.241 e. The van der Waals surface area contributed by atoms with E-state index in [9.17, 15) is 14.4 Å². The average molecular weight is 284 g/mol. The molecule has 0 unspecified atom stereocenters. The van der Waals surface area contributed by atoms with Gasteiger partial charge in [-0.05, 0) is 12.8 Å². The van der Waals surface area contributed by atoms with E-state index in [-0.39, 0.29) is 12.5 Å². The summed E-state index contributed by atoms with van der Waals surface area (Å²) in [4.78, 5) is 37.4. The van der Waals surface area contributed by atoms with E-state index < -0.39 is 11.6 Å². The van der Waals surface area contributed by atoms with Crippen molar-refractivity contribution in [2.45, 2.75) is 12.8 Å². The Labute approximate surface area is 122 Å². The highest BCUT2D eigenvalue weighted by molar-refractivity contribution is 6.50. The second-order valence-corrected chi connectivity index (χ2v) is 5.24. The van der Waals surface area contributed by atoms with Gasteiger partial charge in [-0.2, -0.15) is 0 Å². The predicted octanol–water partition coefficient (Wildman–Crippen LogP) is 1.00. The monoisotopic (exact) mass is 284 g/mol. The first-order chi connectivity index (χ1) is 10.2. The molecule has 5 heteroatoms. The van der Waals surface area contributed by atoms with Gasteiger partial charge >= 0.3 is 0 Å². The first-order valence-electron chi connectivity index (χ1n) is 7.08. The highest BCUT2D eigenvalue weighted by Crippen LogP contribution is 2.22. The molecular formula is C16H16N2O3.